The summed E-state index contributed by atoms with van der Waals surface area (Å²) in [6, 6.07) is 3.50. The van der Waals surface area contributed by atoms with Crippen LogP contribution in [0.25, 0.3) is 0 Å². The highest BCUT2D eigenvalue weighted by Crippen LogP contribution is 2.49. The van der Waals surface area contributed by atoms with Gasteiger partial charge in [0.25, 0.3) is 0 Å². The first-order chi connectivity index (χ1) is 11.8. The Kier molecular flexibility index (Phi) is 3.83. The lowest BCUT2D eigenvalue weighted by Crippen LogP contribution is -2.32. The van der Waals surface area contributed by atoms with Crippen LogP contribution in [-0.2, 0) is 15.8 Å². The average molecular weight is 414 g/mol. The number of amides is 2. The third-order valence-corrected chi connectivity index (χ3v) is 6.21. The van der Waals surface area contributed by atoms with Crippen molar-refractivity contribution in [3.05, 3.63) is 40.4 Å². The van der Waals surface area contributed by atoms with Gasteiger partial charge in [0.05, 0.1) is 23.1 Å². The molecule has 0 spiro atoms. The van der Waals surface area contributed by atoms with E-state index in [1.165, 1.54) is 12.1 Å². The first-order valence-electron chi connectivity index (χ1n) is 8.22. The maximum Gasteiger partial charge on any atom is 0.417 e. The third kappa shape index (κ3) is 2.55. The number of rotatable bonds is 1. The van der Waals surface area contributed by atoms with Crippen LogP contribution in [0, 0.1) is 23.7 Å². The average Bonchev–Trinajstić information content (AvgIpc) is 2.76. The molecule has 4 aliphatic rings. The summed E-state index contributed by atoms with van der Waals surface area (Å²) in [6.45, 7) is 0. The molecule has 4 atom stereocenters. The molecule has 1 aromatic rings. The highest BCUT2D eigenvalue weighted by atomic mass is 79.9. The van der Waals surface area contributed by atoms with Crippen LogP contribution in [0.3, 0.4) is 0 Å². The molecule has 0 radical (unpaired) electrons. The van der Waals surface area contributed by atoms with E-state index >= 15 is 0 Å². The van der Waals surface area contributed by atoms with Gasteiger partial charge < -0.3 is 0 Å². The Bertz CT molecular complexity index is 757. The van der Waals surface area contributed by atoms with Crippen LogP contribution in [0.1, 0.15) is 24.8 Å². The van der Waals surface area contributed by atoms with Gasteiger partial charge in [0.1, 0.15) is 0 Å². The molecule has 3 aliphatic carbocycles. The molecule has 2 bridgehead atoms. The molecular formula is C18H15BrF3NO2. The number of allylic oxidation sites excluding steroid dienone is 2. The van der Waals surface area contributed by atoms with E-state index in [9.17, 15) is 22.8 Å². The van der Waals surface area contributed by atoms with Crippen molar-refractivity contribution in [3.8, 4) is 0 Å². The zero-order valence-electron chi connectivity index (χ0n) is 13.1. The second-order valence-electron chi connectivity index (χ2n) is 6.87. The predicted octanol–water partition coefficient (Wildman–Crippen LogP) is 4.56. The Morgan fingerprint density at radius 2 is 1.56 bits per heavy atom. The molecule has 0 aromatic heterocycles. The fourth-order valence-electron chi connectivity index (χ4n) is 4.40. The Morgan fingerprint density at radius 3 is 2.08 bits per heavy atom. The number of nitrogens with zero attached hydrogens (tertiary/aromatic N) is 1. The second-order valence-corrected chi connectivity index (χ2v) is 7.72. The molecule has 2 fully saturated rings. The summed E-state index contributed by atoms with van der Waals surface area (Å²) in [5, 5.41) is 0. The van der Waals surface area contributed by atoms with Crippen molar-refractivity contribution < 1.29 is 22.8 Å². The molecule has 1 saturated carbocycles. The number of anilines is 1. The first kappa shape index (κ1) is 16.8. The van der Waals surface area contributed by atoms with Crippen molar-refractivity contribution in [3.63, 3.8) is 0 Å². The molecule has 132 valence electrons. The lowest BCUT2D eigenvalue weighted by Gasteiger charge is -2.27. The largest absolute Gasteiger partial charge is 0.417 e. The van der Waals surface area contributed by atoms with Crippen LogP contribution in [-0.4, -0.2) is 11.8 Å². The lowest BCUT2D eigenvalue weighted by atomic mass is 9.73. The number of hydrogen-bond acceptors (Lipinski definition) is 2. The summed E-state index contributed by atoms with van der Waals surface area (Å²) < 4.78 is 39.4. The van der Waals surface area contributed by atoms with Crippen molar-refractivity contribution in [1.82, 2.24) is 0 Å². The summed E-state index contributed by atoms with van der Waals surface area (Å²) in [7, 11) is 0. The van der Waals surface area contributed by atoms with Crippen molar-refractivity contribution in [1.29, 1.82) is 0 Å². The van der Waals surface area contributed by atoms with Gasteiger partial charge in [0.2, 0.25) is 11.8 Å². The predicted molar refractivity (Wildman–Crippen MR) is 88.6 cm³/mol. The van der Waals surface area contributed by atoms with Gasteiger partial charge in [0, 0.05) is 4.47 Å². The zero-order chi connectivity index (χ0) is 17.9. The quantitative estimate of drug-likeness (QED) is 0.499. The van der Waals surface area contributed by atoms with Gasteiger partial charge in [-0.05, 0) is 42.9 Å². The summed E-state index contributed by atoms with van der Waals surface area (Å²) >= 11 is 2.89. The topological polar surface area (TPSA) is 37.4 Å². The maximum atomic E-state index is 13.2. The molecule has 1 saturated heterocycles. The maximum absolute atomic E-state index is 13.2. The zero-order valence-corrected chi connectivity index (χ0v) is 14.7. The Hall–Kier alpha value is -1.63. The molecule has 1 heterocycles. The Labute approximate surface area is 151 Å². The van der Waals surface area contributed by atoms with Gasteiger partial charge in [-0.1, -0.05) is 34.5 Å². The smallest absolute Gasteiger partial charge is 0.274 e. The summed E-state index contributed by atoms with van der Waals surface area (Å²) in [4.78, 5) is 26.8. The summed E-state index contributed by atoms with van der Waals surface area (Å²) in [5.41, 5.74) is -0.892. The minimum Gasteiger partial charge on any atom is -0.274 e. The second kappa shape index (κ2) is 5.69. The number of benzene rings is 1. The number of carbonyl (C=O) groups is 2. The third-order valence-electron chi connectivity index (χ3n) is 5.51. The number of imide groups is 1. The van der Waals surface area contributed by atoms with Crippen LogP contribution >= 0.6 is 15.9 Å². The van der Waals surface area contributed by atoms with E-state index in [1.807, 2.05) is 12.2 Å². The molecule has 2 unspecified atom stereocenters. The fraction of sp³-hybridized carbons (Fsp3) is 0.444. The number of alkyl halides is 3. The highest BCUT2D eigenvalue weighted by molar-refractivity contribution is 9.10. The molecule has 1 aromatic carbocycles. The van der Waals surface area contributed by atoms with E-state index in [0.29, 0.717) is 0 Å². The van der Waals surface area contributed by atoms with E-state index in [-0.39, 0.29) is 33.8 Å². The highest BCUT2D eigenvalue weighted by Gasteiger charge is 2.55. The summed E-state index contributed by atoms with van der Waals surface area (Å²) in [5.74, 6) is -1.62. The summed E-state index contributed by atoms with van der Waals surface area (Å²) in [6.07, 6.45) is 2.11. The number of carbonyl (C=O) groups excluding carboxylic acids is 2. The van der Waals surface area contributed by atoms with Crippen molar-refractivity contribution in [2.24, 2.45) is 23.7 Å². The molecule has 0 N–H and O–H groups in total. The van der Waals surface area contributed by atoms with Crippen LogP contribution in [0.15, 0.2) is 34.8 Å². The standard InChI is InChI=1S/C18H15BrF3NO2/c19-13-7-6-11(8-12(13)18(20,21)22)23-16(24)14-9-2-1-3-10(5-4-9)15(14)17(23)25/h4-10,14-15H,1-3H2/t9?,10?,14-,15+. The van der Waals surface area contributed by atoms with E-state index in [1.54, 1.807) is 0 Å². The van der Waals surface area contributed by atoms with Crippen LogP contribution in [0.2, 0.25) is 0 Å². The minimum absolute atomic E-state index is 0.00185. The molecule has 7 heteroatoms. The van der Waals surface area contributed by atoms with Gasteiger partial charge in [-0.2, -0.15) is 13.2 Å². The molecule has 25 heavy (non-hydrogen) atoms. The Balaban J connectivity index is 1.76. The van der Waals surface area contributed by atoms with E-state index in [2.05, 4.69) is 15.9 Å². The van der Waals surface area contributed by atoms with E-state index in [4.69, 9.17) is 0 Å². The molecule has 3 nitrogen and oxygen atoms in total. The van der Waals surface area contributed by atoms with Gasteiger partial charge in [0.15, 0.2) is 0 Å². The van der Waals surface area contributed by atoms with Gasteiger partial charge in [-0.25, -0.2) is 0 Å². The minimum atomic E-state index is -4.56. The van der Waals surface area contributed by atoms with Crippen molar-refractivity contribution in [2.45, 2.75) is 25.4 Å². The molecule has 2 amide bonds. The Morgan fingerprint density at radius 1 is 1.00 bits per heavy atom. The van der Waals surface area contributed by atoms with Gasteiger partial charge >= 0.3 is 6.18 Å². The number of hydrogen-bond donors (Lipinski definition) is 0. The van der Waals surface area contributed by atoms with Gasteiger partial charge in [-0.15, -0.1) is 0 Å². The van der Waals surface area contributed by atoms with E-state index in [0.717, 1.165) is 30.2 Å². The number of fused-ring (bicyclic) bond motifs is 2. The van der Waals surface area contributed by atoms with Crippen LogP contribution in [0.4, 0.5) is 18.9 Å². The lowest BCUT2D eigenvalue weighted by molar-refractivity contribution is -0.138. The first-order valence-corrected chi connectivity index (χ1v) is 9.01. The molecular weight excluding hydrogens is 399 g/mol. The molecule has 5 rings (SSSR count). The molecule has 1 aliphatic heterocycles. The van der Waals surface area contributed by atoms with Crippen molar-refractivity contribution in [2.75, 3.05) is 4.90 Å². The van der Waals surface area contributed by atoms with Crippen LogP contribution < -0.4 is 4.90 Å². The normalized spacial score (nSPS) is 31.4. The SMILES string of the molecule is O=C1[C@@H]2C3C=CC(CCC3)[C@@H]2C(=O)N1c1ccc(Br)c(C(F)(F)F)c1. The van der Waals surface area contributed by atoms with Crippen LogP contribution in [0.5, 0.6) is 0 Å². The number of halogens is 4. The van der Waals surface area contributed by atoms with Crippen molar-refractivity contribution >= 4 is 33.4 Å². The monoisotopic (exact) mass is 413 g/mol. The van der Waals surface area contributed by atoms with Gasteiger partial charge in [-0.3, -0.25) is 14.5 Å². The van der Waals surface area contributed by atoms with E-state index < -0.39 is 23.6 Å². The fourth-order valence-corrected chi connectivity index (χ4v) is 4.87.